The zero-order valence-corrected chi connectivity index (χ0v) is 19.0. The third-order valence-electron chi connectivity index (χ3n) is 4.94. The summed E-state index contributed by atoms with van der Waals surface area (Å²) in [6.45, 7) is 0.746. The molecule has 0 fully saturated rings. The molecule has 0 heterocycles. The molecule has 0 aromatic carbocycles. The normalized spacial score (nSPS) is 14.7. The molecule has 0 spiro atoms. The van der Waals surface area contributed by atoms with Crippen molar-refractivity contribution in [1.82, 2.24) is 0 Å². The van der Waals surface area contributed by atoms with Crippen LogP contribution in [0.5, 0.6) is 0 Å². The molecule has 31 heavy (non-hydrogen) atoms. The van der Waals surface area contributed by atoms with Crippen molar-refractivity contribution in [1.29, 1.82) is 0 Å². The topological polar surface area (TPSA) is 124 Å². The Morgan fingerprint density at radius 3 is 2.03 bits per heavy atom. The zero-order valence-electron chi connectivity index (χ0n) is 19.0. The lowest BCUT2D eigenvalue weighted by Gasteiger charge is -2.20. The molecule has 0 aromatic rings. The number of ketones is 1. The molecule has 180 valence electrons. The Morgan fingerprint density at radius 2 is 1.42 bits per heavy atom. The second-order valence-electron chi connectivity index (χ2n) is 7.79. The maximum Gasteiger partial charge on any atom is 0.306 e. The molecule has 0 aliphatic rings. The summed E-state index contributed by atoms with van der Waals surface area (Å²) < 4.78 is 4.79. The lowest BCUT2D eigenvalue weighted by Crippen LogP contribution is -2.45. The molecule has 0 amide bonds. The summed E-state index contributed by atoms with van der Waals surface area (Å²) in [7, 11) is 0. The highest BCUT2D eigenvalue weighted by Crippen LogP contribution is 2.09. The molecule has 7 nitrogen and oxygen atoms in total. The van der Waals surface area contributed by atoms with E-state index in [2.05, 4.69) is 31.2 Å². The van der Waals surface area contributed by atoms with E-state index < -0.39 is 43.3 Å². The number of aliphatic hydroxyl groups excluding tert-OH is 4. The maximum atomic E-state index is 11.6. The van der Waals surface area contributed by atoms with Gasteiger partial charge < -0.3 is 25.2 Å². The SMILES string of the molecule is CCCCCC=CCC=CCCCCCCCC(=O)OCC(=O)[C@@H](O)[C@H](O)[C@@H](O)CO. The minimum Gasteiger partial charge on any atom is -0.458 e. The first-order chi connectivity index (χ1) is 14.9. The predicted molar refractivity (Wildman–Crippen MR) is 120 cm³/mol. The minimum atomic E-state index is -1.91. The number of carbonyl (C=O) groups excluding carboxylic acids is 2. The average Bonchev–Trinajstić information content (AvgIpc) is 2.78. The second-order valence-corrected chi connectivity index (χ2v) is 7.79. The molecule has 0 radical (unpaired) electrons. The summed E-state index contributed by atoms with van der Waals surface area (Å²) in [4.78, 5) is 23.3. The molecule has 0 unspecified atom stereocenters. The van der Waals surface area contributed by atoms with E-state index in [1.54, 1.807) is 0 Å². The molecule has 0 aliphatic carbocycles. The van der Waals surface area contributed by atoms with Crippen LogP contribution in [0.4, 0.5) is 0 Å². The third-order valence-corrected chi connectivity index (χ3v) is 4.94. The molecule has 0 rings (SSSR count). The largest absolute Gasteiger partial charge is 0.458 e. The number of hydrogen-bond donors (Lipinski definition) is 4. The molecule has 0 aliphatic heterocycles. The van der Waals surface area contributed by atoms with Crippen molar-refractivity contribution in [2.75, 3.05) is 13.2 Å². The fourth-order valence-electron chi connectivity index (χ4n) is 2.90. The van der Waals surface area contributed by atoms with Crippen LogP contribution in [-0.2, 0) is 14.3 Å². The number of unbranched alkanes of at least 4 members (excludes halogenated alkanes) is 8. The summed E-state index contributed by atoms with van der Waals surface area (Å²) >= 11 is 0. The van der Waals surface area contributed by atoms with Crippen LogP contribution in [-0.4, -0.2) is 63.7 Å². The first-order valence-electron chi connectivity index (χ1n) is 11.6. The number of aliphatic hydroxyl groups is 4. The number of allylic oxidation sites excluding steroid dienone is 4. The minimum absolute atomic E-state index is 0.190. The number of rotatable bonds is 20. The van der Waals surface area contributed by atoms with Gasteiger partial charge in [-0.3, -0.25) is 9.59 Å². The van der Waals surface area contributed by atoms with Gasteiger partial charge in [0.15, 0.2) is 6.61 Å². The van der Waals surface area contributed by atoms with Crippen molar-refractivity contribution in [2.45, 2.75) is 102 Å². The van der Waals surface area contributed by atoms with Crippen molar-refractivity contribution in [3.63, 3.8) is 0 Å². The van der Waals surface area contributed by atoms with E-state index in [0.29, 0.717) is 6.42 Å². The van der Waals surface area contributed by atoms with Gasteiger partial charge in [0.1, 0.15) is 18.3 Å². The van der Waals surface area contributed by atoms with Gasteiger partial charge in [-0.05, 0) is 38.5 Å². The molecule has 4 N–H and O–H groups in total. The third kappa shape index (κ3) is 16.8. The molecular formula is C24H42O7. The summed E-state index contributed by atoms with van der Waals surface area (Å²) in [5, 5.41) is 36.9. The van der Waals surface area contributed by atoms with E-state index in [9.17, 15) is 24.9 Å². The van der Waals surface area contributed by atoms with Crippen LogP contribution in [0.2, 0.25) is 0 Å². The van der Waals surface area contributed by atoms with E-state index in [0.717, 1.165) is 38.5 Å². The van der Waals surface area contributed by atoms with Crippen LogP contribution in [0, 0.1) is 0 Å². The molecule has 7 heteroatoms. The van der Waals surface area contributed by atoms with Crippen molar-refractivity contribution in [3.05, 3.63) is 24.3 Å². The summed E-state index contributed by atoms with van der Waals surface area (Å²) in [5.74, 6) is -1.46. The van der Waals surface area contributed by atoms with Gasteiger partial charge in [0, 0.05) is 6.42 Å². The van der Waals surface area contributed by atoms with E-state index in [4.69, 9.17) is 9.84 Å². The molecule has 0 saturated heterocycles. The van der Waals surface area contributed by atoms with Gasteiger partial charge in [0.05, 0.1) is 6.61 Å². The van der Waals surface area contributed by atoms with E-state index in [1.807, 2.05) is 0 Å². The summed E-state index contributed by atoms with van der Waals surface area (Å²) in [5.41, 5.74) is 0. The van der Waals surface area contributed by atoms with Crippen molar-refractivity contribution in [3.8, 4) is 0 Å². The van der Waals surface area contributed by atoms with Gasteiger partial charge in [-0.2, -0.15) is 0 Å². The molecule has 0 bridgehead atoms. The monoisotopic (exact) mass is 442 g/mol. The highest BCUT2D eigenvalue weighted by molar-refractivity contribution is 5.86. The smallest absolute Gasteiger partial charge is 0.306 e. The lowest BCUT2D eigenvalue weighted by molar-refractivity contribution is -0.155. The van der Waals surface area contributed by atoms with Gasteiger partial charge in [0.2, 0.25) is 5.78 Å². The number of ether oxygens (including phenoxy) is 1. The number of carbonyl (C=O) groups is 2. The van der Waals surface area contributed by atoms with Gasteiger partial charge >= 0.3 is 5.97 Å². The number of Topliss-reactive ketones (excluding diaryl/α,β-unsaturated/α-hetero) is 1. The van der Waals surface area contributed by atoms with Crippen LogP contribution in [0.25, 0.3) is 0 Å². The van der Waals surface area contributed by atoms with E-state index >= 15 is 0 Å². The average molecular weight is 443 g/mol. The Bertz CT molecular complexity index is 516. The predicted octanol–water partition coefficient (Wildman–Crippen LogP) is 2.99. The fourth-order valence-corrected chi connectivity index (χ4v) is 2.90. The first kappa shape index (κ1) is 29.5. The zero-order chi connectivity index (χ0) is 23.3. The maximum absolute atomic E-state index is 11.6. The Kier molecular flexibility index (Phi) is 19.4. The Labute approximate surface area is 186 Å². The number of hydrogen-bond acceptors (Lipinski definition) is 7. The molecule has 0 saturated carbocycles. The van der Waals surface area contributed by atoms with Crippen LogP contribution in [0.1, 0.15) is 84.0 Å². The Hall–Kier alpha value is -1.54. The highest BCUT2D eigenvalue weighted by atomic mass is 16.5. The van der Waals surface area contributed by atoms with Gasteiger partial charge in [-0.15, -0.1) is 0 Å². The fraction of sp³-hybridized carbons (Fsp3) is 0.750. The van der Waals surface area contributed by atoms with Crippen molar-refractivity contribution >= 4 is 11.8 Å². The molecular weight excluding hydrogens is 400 g/mol. The van der Waals surface area contributed by atoms with Crippen LogP contribution in [0.3, 0.4) is 0 Å². The lowest BCUT2D eigenvalue weighted by atomic mass is 10.1. The second kappa shape index (κ2) is 20.4. The molecule has 0 aromatic heterocycles. The standard InChI is InChI=1S/C24H42O7/c1-2-3-4-5-6-7-8-9-10-11-12-13-14-15-16-17-22(28)31-19-21(27)24(30)23(29)20(26)18-25/h6-7,9-10,20,23-26,29-30H,2-5,8,11-19H2,1H3/t20-,23+,24+/m0/s1. The van der Waals surface area contributed by atoms with Gasteiger partial charge in [-0.1, -0.05) is 63.3 Å². The number of esters is 1. The van der Waals surface area contributed by atoms with Gasteiger partial charge in [-0.25, -0.2) is 0 Å². The Balaban J connectivity index is 3.61. The van der Waals surface area contributed by atoms with E-state index in [1.165, 1.54) is 25.7 Å². The van der Waals surface area contributed by atoms with Crippen LogP contribution < -0.4 is 0 Å². The summed E-state index contributed by atoms with van der Waals surface area (Å²) in [6.07, 6.45) is 15.6. The van der Waals surface area contributed by atoms with E-state index in [-0.39, 0.29) is 6.42 Å². The van der Waals surface area contributed by atoms with Crippen LogP contribution in [0.15, 0.2) is 24.3 Å². The van der Waals surface area contributed by atoms with Crippen LogP contribution >= 0.6 is 0 Å². The quantitative estimate of drug-likeness (QED) is 0.130. The highest BCUT2D eigenvalue weighted by Gasteiger charge is 2.30. The Morgan fingerprint density at radius 1 is 0.839 bits per heavy atom. The van der Waals surface area contributed by atoms with Gasteiger partial charge in [0.25, 0.3) is 0 Å². The van der Waals surface area contributed by atoms with Crippen molar-refractivity contribution in [2.24, 2.45) is 0 Å². The summed E-state index contributed by atoms with van der Waals surface area (Å²) in [6, 6.07) is 0. The molecule has 3 atom stereocenters. The first-order valence-corrected chi connectivity index (χ1v) is 11.6. The van der Waals surface area contributed by atoms with Crippen molar-refractivity contribution < 1.29 is 34.8 Å².